The molecule has 1 N–H and O–H groups in total. The van der Waals surface area contributed by atoms with Gasteiger partial charge in [-0.05, 0) is 56.9 Å². The van der Waals surface area contributed by atoms with Gasteiger partial charge in [0.1, 0.15) is 0 Å². The van der Waals surface area contributed by atoms with Gasteiger partial charge in [-0.2, -0.15) is 0 Å². The first-order valence-electron chi connectivity index (χ1n) is 10.2. The Hall–Kier alpha value is -1.76. The van der Waals surface area contributed by atoms with Crippen LogP contribution in [0.5, 0.6) is 0 Å². The molecule has 1 rings (SSSR count). The Balaban J connectivity index is 3.27. The molecule has 6 nitrogen and oxygen atoms in total. The minimum absolute atomic E-state index is 0.0106. The number of hydrogen-bond donors (Lipinski definition) is 1. The third-order valence-corrected chi connectivity index (χ3v) is 6.38. The molecule has 0 atom stereocenters. The van der Waals surface area contributed by atoms with Crippen LogP contribution in [0.3, 0.4) is 0 Å². The summed E-state index contributed by atoms with van der Waals surface area (Å²) in [5.41, 5.74) is 2.43. The van der Waals surface area contributed by atoms with Crippen molar-refractivity contribution < 1.29 is 13.2 Å². The van der Waals surface area contributed by atoms with E-state index in [4.69, 9.17) is 0 Å². The molecule has 160 valence electrons. The molecule has 0 aliphatic carbocycles. The number of benzene rings is 1. The minimum atomic E-state index is -3.36. The van der Waals surface area contributed by atoms with E-state index in [2.05, 4.69) is 4.72 Å². The number of hydrogen-bond acceptors (Lipinski definition) is 4. The van der Waals surface area contributed by atoms with Crippen LogP contribution in [0.15, 0.2) is 18.2 Å². The highest BCUT2D eigenvalue weighted by atomic mass is 32.2. The predicted octanol–water partition coefficient (Wildman–Crippen LogP) is 4.08. The van der Waals surface area contributed by atoms with Crippen molar-refractivity contribution >= 4 is 27.3 Å². The fraction of sp³-hybridized carbons (Fsp3) is 0.667. The first kappa shape index (κ1) is 24.3. The van der Waals surface area contributed by atoms with Crippen molar-refractivity contribution in [3.8, 4) is 0 Å². The van der Waals surface area contributed by atoms with E-state index >= 15 is 0 Å². The van der Waals surface area contributed by atoms with Gasteiger partial charge in [-0.3, -0.25) is 9.52 Å². The van der Waals surface area contributed by atoms with Crippen LogP contribution in [0.2, 0.25) is 0 Å². The van der Waals surface area contributed by atoms with Crippen LogP contribution in [-0.2, 0) is 21.4 Å². The first-order chi connectivity index (χ1) is 13.1. The van der Waals surface area contributed by atoms with Gasteiger partial charge in [0.25, 0.3) is 0 Å². The molecule has 0 aromatic heterocycles. The summed E-state index contributed by atoms with van der Waals surface area (Å²) < 4.78 is 27.0. The summed E-state index contributed by atoms with van der Waals surface area (Å²) in [6, 6.07) is 5.58. The second-order valence-electron chi connectivity index (χ2n) is 7.73. The maximum Gasteiger partial charge on any atom is 0.232 e. The molecule has 0 saturated carbocycles. The lowest BCUT2D eigenvalue weighted by Crippen LogP contribution is -2.40. The third-order valence-electron chi connectivity index (χ3n) is 4.89. The van der Waals surface area contributed by atoms with E-state index in [1.54, 1.807) is 6.07 Å². The Labute approximate surface area is 171 Å². The zero-order valence-electron chi connectivity index (χ0n) is 18.4. The highest BCUT2D eigenvalue weighted by molar-refractivity contribution is 7.92. The van der Waals surface area contributed by atoms with E-state index in [9.17, 15) is 13.2 Å². The van der Waals surface area contributed by atoms with Crippen molar-refractivity contribution in [3.05, 3.63) is 23.8 Å². The van der Waals surface area contributed by atoms with Crippen molar-refractivity contribution in [3.63, 3.8) is 0 Å². The number of amides is 1. The molecule has 0 aliphatic heterocycles. The first-order valence-corrected chi connectivity index (χ1v) is 11.8. The van der Waals surface area contributed by atoms with Crippen LogP contribution in [0.1, 0.15) is 59.4 Å². The minimum Gasteiger partial charge on any atom is -0.377 e. The zero-order valence-corrected chi connectivity index (χ0v) is 19.3. The standard InChI is InChI=1S/C21H37N3O3S/c1-8-13-28(26,27)22-19-11-12-20(23(6)7)18(14-19)15-24(16(4)5)21(25)17(9-2)10-3/h11-12,14,16-17,22H,8-10,13,15H2,1-7H3. The number of rotatable bonds is 11. The van der Waals surface area contributed by atoms with Gasteiger partial charge >= 0.3 is 0 Å². The van der Waals surface area contributed by atoms with Crippen molar-refractivity contribution in [1.82, 2.24) is 4.90 Å². The Morgan fingerprint density at radius 2 is 1.71 bits per heavy atom. The van der Waals surface area contributed by atoms with E-state index in [1.165, 1.54) is 0 Å². The topological polar surface area (TPSA) is 69.7 Å². The van der Waals surface area contributed by atoms with Crippen LogP contribution in [0.4, 0.5) is 11.4 Å². The lowest BCUT2D eigenvalue weighted by Gasteiger charge is -2.32. The molecule has 0 aliphatic rings. The van der Waals surface area contributed by atoms with E-state index in [-0.39, 0.29) is 23.6 Å². The summed E-state index contributed by atoms with van der Waals surface area (Å²) in [6.07, 6.45) is 2.19. The molecule has 1 aromatic rings. The fourth-order valence-electron chi connectivity index (χ4n) is 3.28. The van der Waals surface area contributed by atoms with Crippen molar-refractivity contribution in [1.29, 1.82) is 0 Å². The van der Waals surface area contributed by atoms with Gasteiger partial charge in [-0.1, -0.05) is 20.8 Å². The summed E-state index contributed by atoms with van der Waals surface area (Å²) in [5.74, 6) is 0.251. The lowest BCUT2D eigenvalue weighted by molar-refractivity contribution is -0.138. The van der Waals surface area contributed by atoms with Gasteiger partial charge in [0.2, 0.25) is 15.9 Å². The zero-order chi connectivity index (χ0) is 21.5. The summed E-state index contributed by atoms with van der Waals surface area (Å²) in [6.45, 7) is 10.4. The molecular weight excluding hydrogens is 374 g/mol. The average Bonchev–Trinajstić information content (AvgIpc) is 2.59. The van der Waals surface area contributed by atoms with Crippen molar-refractivity contribution in [2.24, 2.45) is 5.92 Å². The van der Waals surface area contributed by atoms with Gasteiger partial charge in [-0.25, -0.2) is 8.42 Å². The van der Waals surface area contributed by atoms with Crippen LogP contribution in [0.25, 0.3) is 0 Å². The molecule has 0 fully saturated rings. The van der Waals surface area contributed by atoms with Crippen LogP contribution in [-0.4, -0.2) is 45.1 Å². The van der Waals surface area contributed by atoms with Gasteiger partial charge in [0.15, 0.2) is 0 Å². The van der Waals surface area contributed by atoms with E-state index in [1.807, 2.05) is 70.6 Å². The second-order valence-corrected chi connectivity index (χ2v) is 9.57. The maximum absolute atomic E-state index is 13.0. The molecule has 1 amide bonds. The number of nitrogens with zero attached hydrogens (tertiary/aromatic N) is 2. The van der Waals surface area contributed by atoms with Crippen LogP contribution < -0.4 is 9.62 Å². The smallest absolute Gasteiger partial charge is 0.232 e. The average molecular weight is 412 g/mol. The van der Waals surface area contributed by atoms with Crippen molar-refractivity contribution in [2.75, 3.05) is 29.5 Å². The molecule has 28 heavy (non-hydrogen) atoms. The third kappa shape index (κ3) is 6.69. The summed E-state index contributed by atoms with van der Waals surface area (Å²) >= 11 is 0. The largest absolute Gasteiger partial charge is 0.377 e. The van der Waals surface area contributed by atoms with E-state index in [0.29, 0.717) is 18.7 Å². The molecule has 0 saturated heterocycles. The van der Waals surface area contributed by atoms with Crippen molar-refractivity contribution in [2.45, 2.75) is 66.5 Å². The molecule has 0 heterocycles. The fourth-order valence-corrected chi connectivity index (χ4v) is 4.41. The van der Waals surface area contributed by atoms with Gasteiger partial charge in [0.05, 0.1) is 5.75 Å². The molecule has 0 bridgehead atoms. The Morgan fingerprint density at radius 3 is 2.18 bits per heavy atom. The highest BCUT2D eigenvalue weighted by Crippen LogP contribution is 2.27. The number of nitrogens with one attached hydrogen (secondary N) is 1. The van der Waals surface area contributed by atoms with Gasteiger partial charge < -0.3 is 9.80 Å². The molecule has 0 spiro atoms. The summed E-state index contributed by atoms with van der Waals surface area (Å²) in [4.78, 5) is 16.9. The van der Waals surface area contributed by atoms with Gasteiger partial charge in [0, 0.05) is 44.0 Å². The molecule has 0 unspecified atom stereocenters. The Morgan fingerprint density at radius 1 is 1.11 bits per heavy atom. The quantitative estimate of drug-likeness (QED) is 0.596. The number of anilines is 2. The molecular formula is C21H37N3O3S. The van der Waals surface area contributed by atoms with E-state index < -0.39 is 10.0 Å². The monoisotopic (exact) mass is 411 g/mol. The number of carbonyl (C=O) groups excluding carboxylic acids is 1. The number of carbonyl (C=O) groups is 1. The molecule has 7 heteroatoms. The Bertz CT molecular complexity index is 741. The lowest BCUT2D eigenvalue weighted by atomic mass is 10.00. The highest BCUT2D eigenvalue weighted by Gasteiger charge is 2.25. The van der Waals surface area contributed by atoms with Gasteiger partial charge in [-0.15, -0.1) is 0 Å². The Kier molecular flexibility index (Phi) is 9.27. The molecule has 0 radical (unpaired) electrons. The van der Waals surface area contributed by atoms with E-state index in [0.717, 1.165) is 24.1 Å². The molecule has 1 aromatic carbocycles. The SMILES string of the molecule is CCCS(=O)(=O)Nc1ccc(N(C)C)c(CN(C(=O)C(CC)CC)C(C)C)c1. The second kappa shape index (κ2) is 10.7. The normalized spacial score (nSPS) is 11.8. The maximum atomic E-state index is 13.0. The summed E-state index contributed by atoms with van der Waals surface area (Å²) in [5, 5.41) is 0. The summed E-state index contributed by atoms with van der Waals surface area (Å²) in [7, 11) is 0.532. The predicted molar refractivity (Wildman–Crippen MR) is 118 cm³/mol. The number of sulfonamides is 1. The van der Waals surface area contributed by atoms with Crippen LogP contribution >= 0.6 is 0 Å². The van der Waals surface area contributed by atoms with Crippen LogP contribution in [0, 0.1) is 5.92 Å².